The van der Waals surface area contributed by atoms with Gasteiger partial charge in [0.1, 0.15) is 18.0 Å². The minimum absolute atomic E-state index is 0.277. The minimum Gasteiger partial charge on any atom is -0.506 e. The van der Waals surface area contributed by atoms with Gasteiger partial charge in [-0.3, -0.25) is 4.79 Å². The lowest BCUT2D eigenvalue weighted by atomic mass is 9.97. The molecule has 1 amide bonds. The molecule has 9 heteroatoms. The number of rotatable bonds is 6. The van der Waals surface area contributed by atoms with Gasteiger partial charge in [0.05, 0.1) is 0 Å². The average molecular weight is 399 g/mol. The summed E-state index contributed by atoms with van der Waals surface area (Å²) in [6.45, 7) is 6.72. The molecule has 1 atom stereocenters. The number of anilines is 1. The monoisotopic (exact) mass is 399 g/mol. The van der Waals surface area contributed by atoms with Gasteiger partial charge in [0.15, 0.2) is 5.82 Å². The highest BCUT2D eigenvalue weighted by molar-refractivity contribution is 7.92. The number of aromatic hydroxyl groups is 1. The number of hydrogen-bond acceptors (Lipinski definition) is 5. The van der Waals surface area contributed by atoms with Gasteiger partial charge < -0.3 is 10.0 Å². The SMILES string of the molecule is CC(C)CCN1CCC(Cc2ccc(O)c(N3CC(=O)NS3(=O)=O)c2F)C1. The number of carbonyl (C=O) groups excluding carboxylic acids is 1. The van der Waals surface area contributed by atoms with Gasteiger partial charge in [-0.15, -0.1) is 0 Å². The molecule has 1 unspecified atom stereocenters. The number of halogens is 1. The summed E-state index contributed by atoms with van der Waals surface area (Å²) in [6.07, 6.45) is 2.54. The Morgan fingerprint density at radius 3 is 2.74 bits per heavy atom. The largest absolute Gasteiger partial charge is 0.506 e. The van der Waals surface area contributed by atoms with Gasteiger partial charge in [-0.25, -0.2) is 13.4 Å². The molecule has 27 heavy (non-hydrogen) atoms. The van der Waals surface area contributed by atoms with E-state index in [0.717, 1.165) is 32.5 Å². The lowest BCUT2D eigenvalue weighted by Gasteiger charge is -2.20. The smallest absolute Gasteiger partial charge is 0.326 e. The summed E-state index contributed by atoms with van der Waals surface area (Å²) in [5, 5.41) is 10.0. The number of benzene rings is 1. The van der Waals surface area contributed by atoms with Crippen molar-refractivity contribution in [3.05, 3.63) is 23.5 Å². The Morgan fingerprint density at radius 2 is 2.11 bits per heavy atom. The first-order chi connectivity index (χ1) is 12.7. The van der Waals surface area contributed by atoms with Crippen molar-refractivity contribution in [3.8, 4) is 5.75 Å². The first-order valence-corrected chi connectivity index (χ1v) is 10.7. The predicted octanol–water partition coefficient (Wildman–Crippen LogP) is 1.62. The van der Waals surface area contributed by atoms with Crippen LogP contribution >= 0.6 is 0 Å². The van der Waals surface area contributed by atoms with Gasteiger partial charge in [-0.1, -0.05) is 19.9 Å². The van der Waals surface area contributed by atoms with Gasteiger partial charge in [0.25, 0.3) is 5.91 Å². The molecule has 2 N–H and O–H groups in total. The second-order valence-electron chi connectivity index (χ2n) is 7.79. The van der Waals surface area contributed by atoms with Crippen LogP contribution < -0.4 is 9.03 Å². The molecule has 0 radical (unpaired) electrons. The van der Waals surface area contributed by atoms with Crippen LogP contribution in [0.2, 0.25) is 0 Å². The Kier molecular flexibility index (Phi) is 5.62. The molecule has 0 bridgehead atoms. The third-order valence-corrected chi connectivity index (χ3v) is 6.52. The van der Waals surface area contributed by atoms with Gasteiger partial charge in [-0.05, 0) is 55.8 Å². The highest BCUT2D eigenvalue weighted by atomic mass is 32.2. The zero-order valence-electron chi connectivity index (χ0n) is 15.6. The molecule has 7 nitrogen and oxygen atoms in total. The van der Waals surface area contributed by atoms with Crippen molar-refractivity contribution >= 4 is 21.8 Å². The van der Waals surface area contributed by atoms with Crippen molar-refractivity contribution in [2.45, 2.75) is 33.1 Å². The Morgan fingerprint density at radius 1 is 1.37 bits per heavy atom. The molecule has 2 aliphatic heterocycles. The Bertz CT molecular complexity index is 828. The summed E-state index contributed by atoms with van der Waals surface area (Å²) in [7, 11) is -4.18. The van der Waals surface area contributed by atoms with Crippen molar-refractivity contribution < 1.29 is 22.7 Å². The van der Waals surface area contributed by atoms with Crippen molar-refractivity contribution in [1.29, 1.82) is 0 Å². The van der Waals surface area contributed by atoms with E-state index in [1.807, 2.05) is 0 Å². The number of carbonyl (C=O) groups is 1. The van der Waals surface area contributed by atoms with E-state index < -0.39 is 39.9 Å². The highest BCUT2D eigenvalue weighted by Gasteiger charge is 2.38. The Hall–Kier alpha value is -1.87. The minimum atomic E-state index is -4.18. The van der Waals surface area contributed by atoms with E-state index in [0.29, 0.717) is 22.2 Å². The molecular formula is C18H26FN3O4S. The van der Waals surface area contributed by atoms with E-state index in [1.165, 1.54) is 12.1 Å². The maximum Gasteiger partial charge on any atom is 0.326 e. The van der Waals surface area contributed by atoms with Crippen molar-refractivity contribution in [1.82, 2.24) is 9.62 Å². The average Bonchev–Trinajstić information content (AvgIpc) is 3.12. The molecule has 3 rings (SSSR count). The molecule has 2 fully saturated rings. The van der Waals surface area contributed by atoms with E-state index in [4.69, 9.17) is 0 Å². The standard InChI is InChI=1S/C18H26FN3O4S/c1-12(2)5-7-21-8-6-13(10-21)9-14-3-4-15(23)18(17(14)19)22-11-16(24)20-27(22,25)26/h3-4,12-13,23H,5-11H2,1-2H3,(H,20,24). The number of amides is 1. The predicted molar refractivity (Wildman–Crippen MR) is 100 cm³/mol. The lowest BCUT2D eigenvalue weighted by molar-refractivity contribution is -0.117. The van der Waals surface area contributed by atoms with Gasteiger partial charge in [0.2, 0.25) is 0 Å². The van der Waals surface area contributed by atoms with Crippen LogP contribution in [0, 0.1) is 17.7 Å². The Balaban J connectivity index is 1.76. The van der Waals surface area contributed by atoms with E-state index >= 15 is 4.39 Å². The van der Waals surface area contributed by atoms with E-state index in [-0.39, 0.29) is 5.92 Å². The summed E-state index contributed by atoms with van der Waals surface area (Å²) in [6, 6.07) is 2.78. The van der Waals surface area contributed by atoms with Crippen LogP contribution in [-0.2, 0) is 21.4 Å². The summed E-state index contributed by atoms with van der Waals surface area (Å²) in [5.74, 6) is -1.12. The fourth-order valence-corrected chi connectivity index (χ4v) is 4.83. The van der Waals surface area contributed by atoms with Crippen LogP contribution in [0.25, 0.3) is 0 Å². The Labute approximate surface area is 159 Å². The van der Waals surface area contributed by atoms with Crippen LogP contribution in [0.15, 0.2) is 12.1 Å². The van der Waals surface area contributed by atoms with Gasteiger partial charge >= 0.3 is 10.2 Å². The van der Waals surface area contributed by atoms with Crippen molar-refractivity contribution in [2.75, 3.05) is 30.5 Å². The topological polar surface area (TPSA) is 89.9 Å². The first-order valence-electron chi connectivity index (χ1n) is 9.23. The molecule has 2 saturated heterocycles. The number of likely N-dealkylation sites (tertiary alicyclic amines) is 1. The summed E-state index contributed by atoms with van der Waals surface area (Å²) >= 11 is 0. The molecule has 0 spiro atoms. The van der Waals surface area contributed by atoms with Crippen LogP contribution in [0.5, 0.6) is 5.75 Å². The number of nitrogens with one attached hydrogen (secondary N) is 1. The molecular weight excluding hydrogens is 373 g/mol. The summed E-state index contributed by atoms with van der Waals surface area (Å²) < 4.78 is 41.4. The molecule has 0 aliphatic carbocycles. The second kappa shape index (κ2) is 7.63. The number of phenolic OH excluding ortho intramolecular Hbond substituents is 1. The zero-order valence-corrected chi connectivity index (χ0v) is 16.4. The van der Waals surface area contributed by atoms with Crippen LogP contribution in [0.3, 0.4) is 0 Å². The zero-order chi connectivity index (χ0) is 19.8. The molecule has 0 saturated carbocycles. The fraction of sp³-hybridized carbons (Fsp3) is 0.611. The third-order valence-electron chi connectivity index (χ3n) is 5.15. The maximum atomic E-state index is 15.0. The lowest BCUT2D eigenvalue weighted by Crippen LogP contribution is -2.30. The van der Waals surface area contributed by atoms with E-state index in [9.17, 15) is 18.3 Å². The van der Waals surface area contributed by atoms with Crippen LogP contribution in [0.4, 0.5) is 10.1 Å². The highest BCUT2D eigenvalue weighted by Crippen LogP contribution is 2.36. The normalized spacial score (nSPS) is 22.6. The van der Waals surface area contributed by atoms with Crippen LogP contribution in [-0.4, -0.2) is 50.5 Å². The molecule has 2 heterocycles. The first kappa shape index (κ1) is 19.9. The van der Waals surface area contributed by atoms with Crippen LogP contribution in [0.1, 0.15) is 32.3 Å². The summed E-state index contributed by atoms with van der Waals surface area (Å²) in [5.41, 5.74) is -0.103. The molecule has 1 aromatic rings. The maximum absolute atomic E-state index is 15.0. The number of phenols is 1. The third kappa shape index (κ3) is 4.35. The van der Waals surface area contributed by atoms with E-state index in [1.54, 1.807) is 4.72 Å². The number of hydrogen-bond donors (Lipinski definition) is 2. The van der Waals surface area contributed by atoms with Crippen molar-refractivity contribution in [2.24, 2.45) is 11.8 Å². The second-order valence-corrected chi connectivity index (χ2v) is 9.38. The molecule has 150 valence electrons. The number of nitrogens with zero attached hydrogens (tertiary/aromatic N) is 2. The van der Waals surface area contributed by atoms with Gasteiger partial charge in [-0.2, -0.15) is 8.42 Å². The summed E-state index contributed by atoms with van der Waals surface area (Å²) in [4.78, 5) is 13.8. The fourth-order valence-electron chi connectivity index (χ4n) is 3.67. The quantitative estimate of drug-likeness (QED) is 0.759. The molecule has 0 aromatic heterocycles. The van der Waals surface area contributed by atoms with Crippen molar-refractivity contribution in [3.63, 3.8) is 0 Å². The molecule has 2 aliphatic rings. The molecule has 1 aromatic carbocycles. The van der Waals surface area contributed by atoms with E-state index in [2.05, 4.69) is 18.7 Å². The van der Waals surface area contributed by atoms with Gasteiger partial charge in [0, 0.05) is 6.54 Å².